The second-order valence-electron chi connectivity index (χ2n) is 5.41. The Labute approximate surface area is 140 Å². The average molecular weight is 329 g/mol. The van der Waals surface area contributed by atoms with E-state index in [1.54, 1.807) is 23.7 Å². The molecule has 1 aliphatic rings. The zero-order valence-corrected chi connectivity index (χ0v) is 14.0. The smallest absolute Gasteiger partial charge is 0.267 e. The van der Waals surface area contributed by atoms with Crippen LogP contribution in [0.15, 0.2) is 53.4 Å². The Balaban J connectivity index is 1.63. The Kier molecular flexibility index (Phi) is 4.76. The number of carbonyl (C=O) groups is 1. The minimum atomic E-state index is -0.597. The van der Waals surface area contributed by atoms with Crippen molar-refractivity contribution >= 4 is 17.7 Å². The second kappa shape index (κ2) is 6.96. The third-order valence-corrected chi connectivity index (χ3v) is 4.48. The van der Waals surface area contributed by atoms with E-state index in [1.165, 1.54) is 4.90 Å². The fraction of sp³-hybridized carbons (Fsp3) is 0.278. The van der Waals surface area contributed by atoms with Gasteiger partial charge in [0.2, 0.25) is 6.10 Å². The van der Waals surface area contributed by atoms with Gasteiger partial charge in [-0.2, -0.15) is 0 Å². The van der Waals surface area contributed by atoms with Gasteiger partial charge >= 0.3 is 0 Å². The Morgan fingerprint density at radius 3 is 2.57 bits per heavy atom. The van der Waals surface area contributed by atoms with E-state index in [0.717, 1.165) is 5.56 Å². The molecule has 1 aliphatic heterocycles. The third kappa shape index (κ3) is 3.62. The van der Waals surface area contributed by atoms with Crippen molar-refractivity contribution in [3.8, 4) is 11.5 Å². The Morgan fingerprint density at radius 2 is 1.87 bits per heavy atom. The molecule has 0 saturated carbocycles. The van der Waals surface area contributed by atoms with Crippen LogP contribution < -0.4 is 9.47 Å². The van der Waals surface area contributed by atoms with Gasteiger partial charge in [0.1, 0.15) is 6.61 Å². The summed E-state index contributed by atoms with van der Waals surface area (Å²) in [6, 6.07) is 15.6. The van der Waals surface area contributed by atoms with Gasteiger partial charge in [0, 0.05) is 18.5 Å². The van der Waals surface area contributed by atoms with Crippen molar-refractivity contribution in [1.29, 1.82) is 0 Å². The molecule has 0 saturated heterocycles. The molecule has 0 bridgehead atoms. The van der Waals surface area contributed by atoms with E-state index in [2.05, 4.69) is 12.1 Å². The zero-order valence-electron chi connectivity index (χ0n) is 13.2. The first-order valence-corrected chi connectivity index (χ1v) is 8.66. The van der Waals surface area contributed by atoms with Gasteiger partial charge in [-0.25, -0.2) is 0 Å². The highest BCUT2D eigenvalue weighted by Crippen LogP contribution is 2.31. The van der Waals surface area contributed by atoms with Crippen LogP contribution >= 0.6 is 11.8 Å². The average Bonchev–Trinajstić information content (AvgIpc) is 2.61. The van der Waals surface area contributed by atoms with Gasteiger partial charge in [0.15, 0.2) is 11.5 Å². The highest BCUT2D eigenvalue weighted by molar-refractivity contribution is 7.98. The predicted octanol–water partition coefficient (Wildman–Crippen LogP) is 3.21. The predicted molar refractivity (Wildman–Crippen MR) is 91.1 cm³/mol. The summed E-state index contributed by atoms with van der Waals surface area (Å²) in [6.07, 6.45) is 1.45. The maximum atomic E-state index is 12.6. The molecule has 1 unspecified atom stereocenters. The van der Waals surface area contributed by atoms with Crippen LogP contribution in [-0.4, -0.2) is 36.8 Å². The molecule has 23 heavy (non-hydrogen) atoms. The number of thioether (sulfide) groups is 1. The normalized spacial score (nSPS) is 16.0. The van der Waals surface area contributed by atoms with E-state index in [4.69, 9.17) is 9.47 Å². The highest BCUT2D eigenvalue weighted by Gasteiger charge is 2.29. The third-order valence-electron chi connectivity index (χ3n) is 3.74. The van der Waals surface area contributed by atoms with Crippen molar-refractivity contribution in [2.45, 2.75) is 17.5 Å². The molecule has 1 atom stereocenters. The molecule has 120 valence electrons. The SMILES string of the molecule is CSc1ccc(CN(C)C(=O)C2COc3ccccc3O2)cc1. The van der Waals surface area contributed by atoms with Gasteiger partial charge in [-0.15, -0.1) is 11.8 Å². The van der Waals surface area contributed by atoms with Gasteiger partial charge in [0.25, 0.3) is 5.91 Å². The summed E-state index contributed by atoms with van der Waals surface area (Å²) in [5, 5.41) is 0. The molecule has 4 nitrogen and oxygen atoms in total. The van der Waals surface area contributed by atoms with Crippen molar-refractivity contribution in [2.75, 3.05) is 19.9 Å². The van der Waals surface area contributed by atoms with Gasteiger partial charge < -0.3 is 14.4 Å². The molecule has 5 heteroatoms. The lowest BCUT2D eigenvalue weighted by atomic mass is 10.2. The summed E-state index contributed by atoms with van der Waals surface area (Å²) in [4.78, 5) is 15.4. The van der Waals surface area contributed by atoms with Crippen LogP contribution in [0, 0.1) is 0 Å². The number of rotatable bonds is 4. The van der Waals surface area contributed by atoms with Crippen molar-refractivity contribution in [3.05, 3.63) is 54.1 Å². The Hall–Kier alpha value is -2.14. The number of nitrogens with zero attached hydrogens (tertiary/aromatic N) is 1. The molecule has 0 aromatic heterocycles. The van der Waals surface area contributed by atoms with Crippen molar-refractivity contribution in [1.82, 2.24) is 4.90 Å². The maximum absolute atomic E-state index is 12.6. The molecular formula is C18H19NO3S. The minimum Gasteiger partial charge on any atom is -0.485 e. The first-order chi connectivity index (χ1) is 11.2. The molecule has 0 aliphatic carbocycles. The summed E-state index contributed by atoms with van der Waals surface area (Å²) < 4.78 is 11.4. The molecule has 2 aromatic rings. The standard InChI is InChI=1S/C18H19NO3S/c1-19(11-13-7-9-14(23-2)10-8-13)18(20)17-12-21-15-5-3-4-6-16(15)22-17/h3-10,17H,11-12H2,1-2H3. The number of benzene rings is 2. The maximum Gasteiger partial charge on any atom is 0.267 e. The van der Waals surface area contributed by atoms with Gasteiger partial charge in [-0.3, -0.25) is 4.79 Å². The molecular weight excluding hydrogens is 310 g/mol. The van der Waals surface area contributed by atoms with Crippen LogP contribution in [0.5, 0.6) is 11.5 Å². The van der Waals surface area contributed by atoms with Gasteiger partial charge in [-0.05, 0) is 36.1 Å². The number of hydrogen-bond donors (Lipinski definition) is 0. The summed E-state index contributed by atoms with van der Waals surface area (Å²) in [6.45, 7) is 0.792. The number of ether oxygens (including phenoxy) is 2. The van der Waals surface area contributed by atoms with Crippen LogP contribution in [-0.2, 0) is 11.3 Å². The fourth-order valence-corrected chi connectivity index (χ4v) is 2.88. The van der Waals surface area contributed by atoms with Gasteiger partial charge in [0.05, 0.1) is 0 Å². The molecule has 0 radical (unpaired) electrons. The first kappa shape index (κ1) is 15.7. The van der Waals surface area contributed by atoms with Crippen LogP contribution in [0.25, 0.3) is 0 Å². The number of fused-ring (bicyclic) bond motifs is 1. The topological polar surface area (TPSA) is 38.8 Å². The number of likely N-dealkylation sites (N-methyl/N-ethyl adjacent to an activating group) is 1. The summed E-state index contributed by atoms with van der Waals surface area (Å²) in [5.41, 5.74) is 1.09. The minimum absolute atomic E-state index is 0.0755. The molecule has 2 aromatic carbocycles. The van der Waals surface area contributed by atoms with Crippen molar-refractivity contribution in [2.24, 2.45) is 0 Å². The number of para-hydroxylation sites is 2. The van der Waals surface area contributed by atoms with E-state index >= 15 is 0 Å². The molecule has 1 amide bonds. The van der Waals surface area contributed by atoms with E-state index < -0.39 is 6.10 Å². The quantitative estimate of drug-likeness (QED) is 0.808. The summed E-state index contributed by atoms with van der Waals surface area (Å²) >= 11 is 1.70. The van der Waals surface area contributed by atoms with Gasteiger partial charge in [-0.1, -0.05) is 24.3 Å². The lowest BCUT2D eigenvalue weighted by Crippen LogP contribution is -2.44. The molecule has 0 fully saturated rings. The number of amides is 1. The van der Waals surface area contributed by atoms with Crippen LogP contribution in [0.2, 0.25) is 0 Å². The highest BCUT2D eigenvalue weighted by atomic mass is 32.2. The van der Waals surface area contributed by atoms with E-state index in [-0.39, 0.29) is 12.5 Å². The largest absolute Gasteiger partial charge is 0.485 e. The van der Waals surface area contributed by atoms with E-state index in [1.807, 2.05) is 42.7 Å². The molecule has 0 N–H and O–H groups in total. The Morgan fingerprint density at radius 1 is 1.17 bits per heavy atom. The Bertz CT molecular complexity index is 687. The van der Waals surface area contributed by atoms with Crippen LogP contribution in [0.4, 0.5) is 0 Å². The second-order valence-corrected chi connectivity index (χ2v) is 6.29. The monoisotopic (exact) mass is 329 g/mol. The zero-order chi connectivity index (χ0) is 16.2. The number of carbonyl (C=O) groups excluding carboxylic acids is 1. The van der Waals surface area contributed by atoms with Crippen molar-refractivity contribution < 1.29 is 14.3 Å². The van der Waals surface area contributed by atoms with E-state index in [0.29, 0.717) is 18.0 Å². The van der Waals surface area contributed by atoms with E-state index in [9.17, 15) is 4.79 Å². The first-order valence-electron chi connectivity index (χ1n) is 7.44. The molecule has 3 rings (SSSR count). The fourth-order valence-electron chi connectivity index (χ4n) is 2.47. The van der Waals surface area contributed by atoms with Crippen molar-refractivity contribution in [3.63, 3.8) is 0 Å². The molecule has 1 heterocycles. The lowest BCUT2D eigenvalue weighted by Gasteiger charge is -2.28. The summed E-state index contributed by atoms with van der Waals surface area (Å²) in [5.74, 6) is 1.23. The van der Waals surface area contributed by atoms with Crippen LogP contribution in [0.3, 0.4) is 0 Å². The lowest BCUT2D eigenvalue weighted by molar-refractivity contribution is -0.140. The molecule has 0 spiro atoms. The van der Waals surface area contributed by atoms with Crippen LogP contribution in [0.1, 0.15) is 5.56 Å². The summed E-state index contributed by atoms with van der Waals surface area (Å²) in [7, 11) is 1.79. The number of hydrogen-bond acceptors (Lipinski definition) is 4.